The van der Waals surface area contributed by atoms with Crippen LogP contribution in [-0.2, 0) is 11.3 Å². The molecule has 2 aromatic heterocycles. The van der Waals surface area contributed by atoms with Gasteiger partial charge in [-0.15, -0.1) is 11.3 Å². The van der Waals surface area contributed by atoms with Crippen LogP contribution in [0.1, 0.15) is 23.4 Å². The Bertz CT molecular complexity index is 1330. The van der Waals surface area contributed by atoms with Gasteiger partial charge in [0, 0.05) is 11.3 Å². The first-order valence-corrected chi connectivity index (χ1v) is 10.3. The topological polar surface area (TPSA) is 103 Å². The lowest BCUT2D eigenvalue weighted by atomic mass is 10.2. The van der Waals surface area contributed by atoms with Gasteiger partial charge in [-0.2, -0.15) is 5.10 Å². The van der Waals surface area contributed by atoms with Crippen molar-refractivity contribution in [2.24, 2.45) is 0 Å². The zero-order valence-electron chi connectivity index (χ0n) is 17.0. The van der Waals surface area contributed by atoms with Crippen molar-refractivity contribution in [1.82, 2.24) is 14.8 Å². The molecule has 2 aromatic carbocycles. The Morgan fingerprint density at radius 2 is 1.94 bits per heavy atom. The van der Waals surface area contributed by atoms with Gasteiger partial charge in [0.25, 0.3) is 6.43 Å². The molecule has 32 heavy (non-hydrogen) atoms. The molecule has 0 aliphatic heterocycles. The molecule has 0 saturated carbocycles. The first kappa shape index (κ1) is 21.5. The molecule has 4 rings (SSSR count). The van der Waals surface area contributed by atoms with Crippen LogP contribution < -0.4 is 5.32 Å². The fraction of sp³-hybridized carbons (Fsp3) is 0.190. The van der Waals surface area contributed by atoms with E-state index in [0.717, 1.165) is 31.0 Å². The number of fused-ring (bicyclic) bond motifs is 1. The molecule has 2 heterocycles. The first-order valence-electron chi connectivity index (χ1n) is 9.50. The van der Waals surface area contributed by atoms with E-state index in [9.17, 15) is 23.7 Å². The number of hydrogen-bond acceptors (Lipinski definition) is 6. The number of nitro groups is 1. The third-order valence-electron chi connectivity index (χ3n) is 4.84. The van der Waals surface area contributed by atoms with Gasteiger partial charge in [-0.25, -0.2) is 13.8 Å². The highest BCUT2D eigenvalue weighted by molar-refractivity contribution is 7.21. The van der Waals surface area contributed by atoms with Crippen molar-refractivity contribution < 1.29 is 18.5 Å². The van der Waals surface area contributed by atoms with Crippen LogP contribution in [0.4, 0.5) is 20.2 Å². The summed E-state index contributed by atoms with van der Waals surface area (Å²) >= 11 is 1.57. The number of amides is 1. The number of alkyl halides is 2. The third-order valence-corrected chi connectivity index (χ3v) is 5.91. The molecule has 0 aliphatic carbocycles. The summed E-state index contributed by atoms with van der Waals surface area (Å²) in [6.07, 6.45) is -3.11. The van der Waals surface area contributed by atoms with Gasteiger partial charge in [-0.3, -0.25) is 19.6 Å². The van der Waals surface area contributed by atoms with Crippen molar-refractivity contribution in [3.63, 3.8) is 0 Å². The van der Waals surface area contributed by atoms with Gasteiger partial charge < -0.3 is 5.32 Å². The van der Waals surface area contributed by atoms with E-state index in [1.807, 2.05) is 31.2 Å². The lowest BCUT2D eigenvalue weighted by molar-refractivity contribution is -0.386. The quantitative estimate of drug-likeness (QED) is 0.314. The molecule has 4 aromatic rings. The summed E-state index contributed by atoms with van der Waals surface area (Å²) in [4.78, 5) is 27.1. The molecular formula is C21H17F2N5O3S. The Morgan fingerprint density at radius 1 is 1.22 bits per heavy atom. The minimum absolute atomic E-state index is 0.109. The SMILES string of the molecule is Cc1ccc2nc(-c3ccc(NC(=O)Cn4nc(C(F)F)c([N+](=O)[O-])c4C)cc3)sc2c1. The lowest BCUT2D eigenvalue weighted by Crippen LogP contribution is -2.20. The molecule has 0 bridgehead atoms. The number of nitrogens with zero attached hydrogens (tertiary/aromatic N) is 4. The van der Waals surface area contributed by atoms with Gasteiger partial charge in [-0.1, -0.05) is 6.07 Å². The van der Waals surface area contributed by atoms with Crippen LogP contribution in [0.5, 0.6) is 0 Å². The highest BCUT2D eigenvalue weighted by atomic mass is 32.1. The zero-order valence-corrected chi connectivity index (χ0v) is 17.8. The summed E-state index contributed by atoms with van der Waals surface area (Å²) in [6, 6.07) is 13.1. The number of carbonyl (C=O) groups is 1. The number of halogens is 2. The van der Waals surface area contributed by atoms with Crippen LogP contribution in [0.3, 0.4) is 0 Å². The van der Waals surface area contributed by atoms with Gasteiger partial charge in [0.2, 0.25) is 11.6 Å². The van der Waals surface area contributed by atoms with Crippen LogP contribution >= 0.6 is 11.3 Å². The Hall–Kier alpha value is -3.73. The number of rotatable bonds is 6. The van der Waals surface area contributed by atoms with Crippen LogP contribution in [0, 0.1) is 24.0 Å². The smallest absolute Gasteiger partial charge is 0.319 e. The molecule has 0 atom stereocenters. The van der Waals surface area contributed by atoms with Crippen molar-refractivity contribution in [2.45, 2.75) is 26.8 Å². The Balaban J connectivity index is 1.48. The van der Waals surface area contributed by atoms with Crippen molar-refractivity contribution in [1.29, 1.82) is 0 Å². The average molecular weight is 457 g/mol. The number of thiazole rings is 1. The predicted octanol–water partition coefficient (Wildman–Crippen LogP) is 5.26. The third kappa shape index (κ3) is 4.19. The van der Waals surface area contributed by atoms with E-state index >= 15 is 0 Å². The summed E-state index contributed by atoms with van der Waals surface area (Å²) in [6.45, 7) is 2.87. The number of nitrogens with one attached hydrogen (secondary N) is 1. The molecule has 11 heteroatoms. The Morgan fingerprint density at radius 3 is 2.56 bits per heavy atom. The number of carbonyl (C=O) groups excluding carboxylic acids is 1. The molecule has 0 aliphatic rings. The second-order valence-electron chi connectivity index (χ2n) is 7.15. The number of hydrogen-bond donors (Lipinski definition) is 1. The highest BCUT2D eigenvalue weighted by Crippen LogP contribution is 2.32. The van der Waals surface area contributed by atoms with E-state index in [4.69, 9.17) is 0 Å². The van der Waals surface area contributed by atoms with Crippen molar-refractivity contribution in [3.8, 4) is 10.6 Å². The van der Waals surface area contributed by atoms with Crippen molar-refractivity contribution in [3.05, 3.63) is 69.5 Å². The first-order chi connectivity index (χ1) is 15.2. The van der Waals surface area contributed by atoms with Crippen LogP contribution in [0.15, 0.2) is 42.5 Å². The monoisotopic (exact) mass is 457 g/mol. The van der Waals surface area contributed by atoms with Gasteiger partial charge in [0.15, 0.2) is 0 Å². The van der Waals surface area contributed by atoms with E-state index < -0.39 is 35.2 Å². The van der Waals surface area contributed by atoms with Crippen molar-refractivity contribution in [2.75, 3.05) is 5.32 Å². The van der Waals surface area contributed by atoms with Gasteiger partial charge in [-0.05, 0) is 55.8 Å². The second kappa shape index (κ2) is 8.42. The molecule has 0 unspecified atom stereocenters. The van der Waals surface area contributed by atoms with Crippen molar-refractivity contribution >= 4 is 38.8 Å². The van der Waals surface area contributed by atoms with E-state index in [0.29, 0.717) is 5.69 Å². The summed E-state index contributed by atoms with van der Waals surface area (Å²) in [7, 11) is 0. The number of aryl methyl sites for hydroxylation is 1. The highest BCUT2D eigenvalue weighted by Gasteiger charge is 2.31. The van der Waals surface area contributed by atoms with Crippen LogP contribution in [-0.4, -0.2) is 25.6 Å². The summed E-state index contributed by atoms with van der Waals surface area (Å²) in [5.41, 5.74) is 1.62. The fourth-order valence-electron chi connectivity index (χ4n) is 3.27. The minimum Gasteiger partial charge on any atom is -0.324 e. The molecule has 0 saturated heterocycles. The molecule has 0 radical (unpaired) electrons. The van der Waals surface area contributed by atoms with Crippen LogP contribution in [0.25, 0.3) is 20.8 Å². The normalized spacial score (nSPS) is 11.3. The molecule has 0 fully saturated rings. The number of aromatic nitrogens is 3. The van der Waals surface area contributed by atoms with Gasteiger partial charge in [0.1, 0.15) is 17.2 Å². The molecule has 164 valence electrons. The van der Waals surface area contributed by atoms with Crippen LogP contribution in [0.2, 0.25) is 0 Å². The van der Waals surface area contributed by atoms with Gasteiger partial charge >= 0.3 is 5.69 Å². The lowest BCUT2D eigenvalue weighted by Gasteiger charge is -2.07. The molecule has 1 N–H and O–H groups in total. The fourth-order valence-corrected chi connectivity index (χ4v) is 4.34. The molecule has 0 spiro atoms. The molecule has 1 amide bonds. The van der Waals surface area contributed by atoms with E-state index in [1.54, 1.807) is 23.5 Å². The predicted molar refractivity (Wildman–Crippen MR) is 117 cm³/mol. The Kier molecular flexibility index (Phi) is 5.66. The van der Waals surface area contributed by atoms with E-state index in [2.05, 4.69) is 21.5 Å². The minimum atomic E-state index is -3.11. The average Bonchev–Trinajstić information content (AvgIpc) is 3.29. The maximum atomic E-state index is 13.0. The number of anilines is 1. The summed E-state index contributed by atoms with van der Waals surface area (Å²) < 4.78 is 28.1. The van der Waals surface area contributed by atoms with E-state index in [1.165, 1.54) is 6.92 Å². The Labute approximate surface area is 184 Å². The maximum absolute atomic E-state index is 13.0. The largest absolute Gasteiger partial charge is 0.324 e. The second-order valence-corrected chi connectivity index (χ2v) is 8.18. The maximum Gasteiger partial charge on any atom is 0.319 e. The molecule has 8 nitrogen and oxygen atoms in total. The summed E-state index contributed by atoms with van der Waals surface area (Å²) in [5.74, 6) is -0.547. The zero-order chi connectivity index (χ0) is 23.0. The standard InChI is InChI=1S/C21H17F2N5O3S/c1-11-3-8-15-16(9-11)32-21(25-15)13-4-6-14(7-5-13)24-17(29)10-27-12(2)19(28(30)31)18(26-27)20(22)23/h3-9,20H,10H2,1-2H3,(H,24,29). The van der Waals surface area contributed by atoms with E-state index in [-0.39, 0.29) is 5.69 Å². The summed E-state index contributed by atoms with van der Waals surface area (Å²) in [5, 5.41) is 18.1. The van der Waals surface area contributed by atoms with Gasteiger partial charge in [0.05, 0.1) is 15.1 Å². The number of benzene rings is 2. The molecular weight excluding hydrogens is 440 g/mol.